The number of hydrogen-bond acceptors (Lipinski definition) is 6. The summed E-state index contributed by atoms with van der Waals surface area (Å²) in [5.41, 5.74) is 6.66. The summed E-state index contributed by atoms with van der Waals surface area (Å²) in [5.74, 6) is -0.0587. The van der Waals surface area contributed by atoms with Crippen LogP contribution in [-0.2, 0) is 9.53 Å². The molecule has 0 radical (unpaired) electrons. The fraction of sp³-hybridized carbons (Fsp3) is 0.588. The first-order chi connectivity index (χ1) is 11.6. The zero-order valence-corrected chi connectivity index (χ0v) is 13.6. The number of aliphatic hydroxyl groups is 2. The van der Waals surface area contributed by atoms with E-state index in [1.165, 1.54) is 0 Å². The zero-order valence-electron chi connectivity index (χ0n) is 13.6. The van der Waals surface area contributed by atoms with E-state index in [9.17, 15) is 15.0 Å². The lowest BCUT2D eigenvalue weighted by molar-refractivity contribution is -0.135. The van der Waals surface area contributed by atoms with Crippen LogP contribution in [0.5, 0.6) is 0 Å². The first-order valence-electron chi connectivity index (χ1n) is 8.39. The van der Waals surface area contributed by atoms with Gasteiger partial charge in [-0.1, -0.05) is 18.2 Å². The lowest BCUT2D eigenvalue weighted by Crippen LogP contribution is -2.49. The van der Waals surface area contributed by atoms with Gasteiger partial charge < -0.3 is 30.5 Å². The summed E-state index contributed by atoms with van der Waals surface area (Å²) < 4.78 is 5.50. The Morgan fingerprint density at radius 2 is 1.71 bits per heavy atom. The van der Waals surface area contributed by atoms with Crippen molar-refractivity contribution in [3.05, 3.63) is 30.3 Å². The standard InChI is InChI=1S/C17H25N3O4/c18-11-14-17(23)16(22)13(24-14)10-15(21)20-8-6-19(7-9-20)12-4-2-1-3-5-12/h1-5,13-14,16-17,22-23H,6-11,18H2/t13-,14+,16-,17+/m0/s1. The number of amides is 1. The van der Waals surface area contributed by atoms with Crippen LogP contribution in [0.4, 0.5) is 5.69 Å². The Bertz CT molecular complexity index is 548. The molecule has 7 heteroatoms. The van der Waals surface area contributed by atoms with Crippen LogP contribution in [0.2, 0.25) is 0 Å². The Labute approximate surface area is 141 Å². The van der Waals surface area contributed by atoms with Crippen molar-refractivity contribution < 1.29 is 19.7 Å². The maximum Gasteiger partial charge on any atom is 0.225 e. The Kier molecular flexibility index (Phi) is 5.35. The highest BCUT2D eigenvalue weighted by Gasteiger charge is 2.43. The van der Waals surface area contributed by atoms with Gasteiger partial charge in [-0.05, 0) is 12.1 Å². The van der Waals surface area contributed by atoms with Gasteiger partial charge in [0, 0.05) is 38.4 Å². The topological polar surface area (TPSA) is 99.3 Å². The Morgan fingerprint density at radius 1 is 1.08 bits per heavy atom. The van der Waals surface area contributed by atoms with E-state index in [1.54, 1.807) is 4.90 Å². The van der Waals surface area contributed by atoms with Gasteiger partial charge in [0.25, 0.3) is 0 Å². The van der Waals surface area contributed by atoms with Gasteiger partial charge in [0.05, 0.1) is 18.6 Å². The summed E-state index contributed by atoms with van der Waals surface area (Å²) >= 11 is 0. The molecule has 2 saturated heterocycles. The maximum absolute atomic E-state index is 12.4. The van der Waals surface area contributed by atoms with Crippen molar-refractivity contribution in [2.75, 3.05) is 37.6 Å². The second-order valence-electron chi connectivity index (χ2n) is 6.34. The molecule has 4 atom stereocenters. The Morgan fingerprint density at radius 3 is 2.29 bits per heavy atom. The number of carbonyl (C=O) groups excluding carboxylic acids is 1. The molecule has 2 aliphatic heterocycles. The van der Waals surface area contributed by atoms with Gasteiger partial charge in [0.1, 0.15) is 12.2 Å². The van der Waals surface area contributed by atoms with Crippen LogP contribution < -0.4 is 10.6 Å². The highest BCUT2D eigenvalue weighted by Crippen LogP contribution is 2.24. The fourth-order valence-electron chi connectivity index (χ4n) is 3.34. The molecule has 2 fully saturated rings. The van der Waals surface area contributed by atoms with Crippen molar-refractivity contribution in [1.29, 1.82) is 0 Å². The SMILES string of the molecule is NC[C@H]1O[C@@H](CC(=O)N2CCN(c3ccccc3)CC2)[C@H](O)[C@@H]1O. The minimum Gasteiger partial charge on any atom is -0.388 e. The number of nitrogens with zero attached hydrogens (tertiary/aromatic N) is 2. The molecule has 0 bridgehead atoms. The minimum atomic E-state index is -1.06. The van der Waals surface area contributed by atoms with E-state index in [-0.39, 0.29) is 18.9 Å². The second kappa shape index (κ2) is 7.48. The molecule has 0 spiro atoms. The van der Waals surface area contributed by atoms with E-state index in [2.05, 4.69) is 17.0 Å². The third-order valence-corrected chi connectivity index (χ3v) is 4.82. The number of rotatable bonds is 4. The van der Waals surface area contributed by atoms with Gasteiger partial charge >= 0.3 is 0 Å². The van der Waals surface area contributed by atoms with Gasteiger partial charge in [-0.25, -0.2) is 0 Å². The number of para-hydroxylation sites is 1. The molecule has 2 heterocycles. The highest BCUT2D eigenvalue weighted by atomic mass is 16.5. The molecular weight excluding hydrogens is 310 g/mol. The van der Waals surface area contributed by atoms with Crippen LogP contribution in [0.1, 0.15) is 6.42 Å². The third-order valence-electron chi connectivity index (χ3n) is 4.82. The van der Waals surface area contributed by atoms with Crippen LogP contribution >= 0.6 is 0 Å². The number of piperazine rings is 1. The number of ether oxygens (including phenoxy) is 1. The Hall–Kier alpha value is -1.67. The number of aliphatic hydroxyl groups excluding tert-OH is 2. The largest absolute Gasteiger partial charge is 0.388 e. The molecule has 0 aromatic heterocycles. The van der Waals surface area contributed by atoms with E-state index >= 15 is 0 Å². The van der Waals surface area contributed by atoms with Gasteiger partial charge in [-0.2, -0.15) is 0 Å². The maximum atomic E-state index is 12.4. The van der Waals surface area contributed by atoms with Crippen molar-refractivity contribution in [3.63, 3.8) is 0 Å². The summed E-state index contributed by atoms with van der Waals surface area (Å²) in [5, 5.41) is 19.8. The minimum absolute atomic E-state index is 0.0587. The first kappa shape index (κ1) is 17.2. The molecule has 1 amide bonds. The normalized spacial score (nSPS) is 30.6. The number of benzene rings is 1. The number of anilines is 1. The molecule has 0 saturated carbocycles. The predicted molar refractivity (Wildman–Crippen MR) is 89.6 cm³/mol. The molecule has 2 aliphatic rings. The zero-order chi connectivity index (χ0) is 17.1. The Balaban J connectivity index is 1.51. The predicted octanol–water partition coefficient (Wildman–Crippen LogP) is -0.827. The molecule has 4 N–H and O–H groups in total. The summed E-state index contributed by atoms with van der Waals surface area (Å²) in [7, 11) is 0. The van der Waals surface area contributed by atoms with Crippen molar-refractivity contribution in [1.82, 2.24) is 4.90 Å². The highest BCUT2D eigenvalue weighted by molar-refractivity contribution is 5.77. The lowest BCUT2D eigenvalue weighted by atomic mass is 10.0. The molecule has 24 heavy (non-hydrogen) atoms. The molecule has 0 unspecified atom stereocenters. The van der Waals surface area contributed by atoms with Crippen molar-refractivity contribution in [3.8, 4) is 0 Å². The van der Waals surface area contributed by atoms with Crippen LogP contribution in [-0.4, -0.2) is 78.2 Å². The summed E-state index contributed by atoms with van der Waals surface area (Å²) in [6.07, 6.45) is -3.31. The van der Waals surface area contributed by atoms with Gasteiger partial charge in [0.15, 0.2) is 0 Å². The summed E-state index contributed by atoms with van der Waals surface area (Å²) in [6, 6.07) is 10.1. The quantitative estimate of drug-likeness (QED) is 0.664. The number of hydrogen-bond donors (Lipinski definition) is 3. The van der Waals surface area contributed by atoms with Crippen molar-refractivity contribution >= 4 is 11.6 Å². The molecule has 132 valence electrons. The van der Waals surface area contributed by atoms with E-state index < -0.39 is 24.4 Å². The number of carbonyl (C=O) groups is 1. The summed E-state index contributed by atoms with van der Waals surface area (Å²) in [6.45, 7) is 2.95. The average molecular weight is 335 g/mol. The average Bonchev–Trinajstić information content (AvgIpc) is 2.90. The third kappa shape index (κ3) is 3.54. The molecular formula is C17H25N3O4. The monoisotopic (exact) mass is 335 g/mol. The van der Waals surface area contributed by atoms with Crippen molar-refractivity contribution in [2.45, 2.75) is 30.8 Å². The number of nitrogens with two attached hydrogens (primary N) is 1. The molecule has 1 aromatic carbocycles. The molecule has 0 aliphatic carbocycles. The summed E-state index contributed by atoms with van der Waals surface area (Å²) in [4.78, 5) is 16.5. The molecule has 1 aromatic rings. The van der Waals surface area contributed by atoms with Gasteiger partial charge in [-0.15, -0.1) is 0 Å². The van der Waals surface area contributed by atoms with Crippen LogP contribution in [0.3, 0.4) is 0 Å². The van der Waals surface area contributed by atoms with Crippen LogP contribution in [0.15, 0.2) is 30.3 Å². The molecule has 7 nitrogen and oxygen atoms in total. The van der Waals surface area contributed by atoms with E-state index in [1.807, 2.05) is 18.2 Å². The molecule has 3 rings (SSSR count). The second-order valence-corrected chi connectivity index (χ2v) is 6.34. The van der Waals surface area contributed by atoms with E-state index in [4.69, 9.17) is 10.5 Å². The van der Waals surface area contributed by atoms with Crippen LogP contribution in [0.25, 0.3) is 0 Å². The first-order valence-corrected chi connectivity index (χ1v) is 8.39. The van der Waals surface area contributed by atoms with E-state index in [0.717, 1.165) is 18.8 Å². The fourth-order valence-corrected chi connectivity index (χ4v) is 3.34. The van der Waals surface area contributed by atoms with Crippen molar-refractivity contribution in [2.24, 2.45) is 5.73 Å². The van der Waals surface area contributed by atoms with Crippen LogP contribution in [0, 0.1) is 0 Å². The van der Waals surface area contributed by atoms with Gasteiger partial charge in [-0.3, -0.25) is 4.79 Å². The van der Waals surface area contributed by atoms with Gasteiger partial charge in [0.2, 0.25) is 5.91 Å². The lowest BCUT2D eigenvalue weighted by Gasteiger charge is -2.36. The van der Waals surface area contributed by atoms with E-state index in [0.29, 0.717) is 13.1 Å². The smallest absolute Gasteiger partial charge is 0.225 e.